The lowest BCUT2D eigenvalue weighted by atomic mass is 9.44. The van der Waals surface area contributed by atoms with Crippen LogP contribution in [0.25, 0.3) is 0 Å². The maximum absolute atomic E-state index is 12.7. The average Bonchev–Trinajstić information content (AvgIpc) is 3.37. The first-order chi connectivity index (χ1) is 22.3. The van der Waals surface area contributed by atoms with Crippen LogP contribution >= 0.6 is 0 Å². The molecule has 4 aliphatic carbocycles. The molecule has 0 bridgehead atoms. The number of hydrogen-bond donors (Lipinski definition) is 0. The molecule has 0 spiro atoms. The van der Waals surface area contributed by atoms with Crippen molar-refractivity contribution in [3.63, 3.8) is 0 Å². The van der Waals surface area contributed by atoms with Crippen LogP contribution in [0.15, 0.2) is 0 Å². The van der Waals surface area contributed by atoms with Crippen molar-refractivity contribution in [2.24, 2.45) is 40.4 Å². The zero-order valence-corrected chi connectivity index (χ0v) is 29.7. The summed E-state index contributed by atoms with van der Waals surface area (Å²) in [5.41, 5.74) is 0.525. The van der Waals surface area contributed by atoms with Gasteiger partial charge in [0.05, 0.1) is 0 Å². The second-order valence-corrected chi connectivity index (χ2v) is 15.7. The van der Waals surface area contributed by atoms with Gasteiger partial charge in [-0.05, 0) is 112 Å². The molecular formula is C38H60O9. The molecular weight excluding hydrogens is 600 g/mol. The molecule has 0 aromatic heterocycles. The summed E-state index contributed by atoms with van der Waals surface area (Å²) in [6.07, 6.45) is 15.5. The standard InChI is InChI=1S/C38H60O9/c1-25(39)32-16-17-33-31-15-14-28-22-29(18-20-37(28,4)34(31)19-21-38(32,33)5)46-35(42)12-10-8-6-7-9-11-13-36(43)47-30(23-44-26(2)40)24-45-27(3)41/h28-34H,6-24H2,1-5H3/t28-,29+,31-,32+,33-,34-,37-,38+/m0/s1. The topological polar surface area (TPSA) is 122 Å². The highest BCUT2D eigenvalue weighted by molar-refractivity contribution is 5.79. The summed E-state index contributed by atoms with van der Waals surface area (Å²) in [5.74, 6) is 1.98. The van der Waals surface area contributed by atoms with Crippen molar-refractivity contribution in [1.82, 2.24) is 0 Å². The van der Waals surface area contributed by atoms with Crippen molar-refractivity contribution in [3.05, 3.63) is 0 Å². The van der Waals surface area contributed by atoms with Crippen LogP contribution in [0.3, 0.4) is 0 Å². The van der Waals surface area contributed by atoms with Crippen LogP contribution in [0.5, 0.6) is 0 Å². The smallest absolute Gasteiger partial charge is 0.306 e. The molecule has 0 N–H and O–H groups in total. The Morgan fingerprint density at radius 1 is 0.660 bits per heavy atom. The van der Waals surface area contributed by atoms with Crippen molar-refractivity contribution in [3.8, 4) is 0 Å². The van der Waals surface area contributed by atoms with E-state index in [0.29, 0.717) is 35.9 Å². The fourth-order valence-corrected chi connectivity index (χ4v) is 10.3. The Bertz CT molecular complexity index is 1100. The summed E-state index contributed by atoms with van der Waals surface area (Å²) in [6.45, 7) is 8.98. The fourth-order valence-electron chi connectivity index (χ4n) is 10.3. The van der Waals surface area contributed by atoms with E-state index >= 15 is 0 Å². The number of rotatable bonds is 16. The lowest BCUT2D eigenvalue weighted by molar-refractivity contribution is -0.165. The van der Waals surface area contributed by atoms with E-state index in [2.05, 4.69) is 13.8 Å². The second kappa shape index (κ2) is 16.8. The minimum Gasteiger partial charge on any atom is -0.462 e. The van der Waals surface area contributed by atoms with Crippen LogP contribution in [0, 0.1) is 40.4 Å². The van der Waals surface area contributed by atoms with Crippen molar-refractivity contribution in [2.75, 3.05) is 13.2 Å². The van der Waals surface area contributed by atoms with Gasteiger partial charge >= 0.3 is 23.9 Å². The highest BCUT2D eigenvalue weighted by Gasteiger charge is 2.61. The predicted octanol–water partition coefficient (Wildman–Crippen LogP) is 7.30. The molecule has 4 fully saturated rings. The monoisotopic (exact) mass is 660 g/mol. The number of ketones is 1. The first-order valence-corrected chi connectivity index (χ1v) is 18.5. The van der Waals surface area contributed by atoms with Crippen LogP contribution in [0.4, 0.5) is 0 Å². The SMILES string of the molecule is CC(=O)OCC(COC(C)=O)OC(=O)CCCCCCCCC(=O)O[C@@H]1CC[C@@]2(C)[C@@H](CC[C@@H]3[C@@H]2CC[C@]2(C)[C@@H](C(C)=O)CC[C@@H]32)C1. The number of esters is 4. The lowest BCUT2D eigenvalue weighted by Crippen LogP contribution is -2.54. The van der Waals surface area contributed by atoms with Crippen molar-refractivity contribution < 1.29 is 42.9 Å². The van der Waals surface area contributed by atoms with Crippen LogP contribution in [-0.2, 0) is 42.9 Å². The molecule has 0 radical (unpaired) electrons. The normalized spacial score (nSPS) is 32.8. The third-order valence-corrected chi connectivity index (χ3v) is 12.7. The molecule has 8 atom stereocenters. The number of carbonyl (C=O) groups is 5. The minimum absolute atomic E-state index is 0.0435. The van der Waals surface area contributed by atoms with E-state index in [1.165, 1.54) is 46.0 Å². The highest BCUT2D eigenvalue weighted by Crippen LogP contribution is 2.67. The van der Waals surface area contributed by atoms with Gasteiger partial charge in [0.2, 0.25) is 0 Å². The van der Waals surface area contributed by atoms with Gasteiger partial charge in [0, 0.05) is 32.6 Å². The molecule has 9 nitrogen and oxygen atoms in total. The van der Waals surface area contributed by atoms with E-state index in [1.54, 1.807) is 6.92 Å². The molecule has 0 heterocycles. The first-order valence-electron chi connectivity index (χ1n) is 18.5. The van der Waals surface area contributed by atoms with Gasteiger partial charge in [-0.2, -0.15) is 0 Å². The Morgan fingerprint density at radius 3 is 1.85 bits per heavy atom. The Kier molecular flexibility index (Phi) is 13.3. The van der Waals surface area contributed by atoms with Gasteiger partial charge in [-0.25, -0.2) is 0 Å². The first kappa shape index (κ1) is 37.4. The summed E-state index contributed by atoms with van der Waals surface area (Å²) < 4.78 is 21.1. The number of fused-ring (bicyclic) bond motifs is 5. The van der Waals surface area contributed by atoms with Gasteiger partial charge < -0.3 is 18.9 Å². The Balaban J connectivity index is 1.08. The summed E-state index contributed by atoms with van der Waals surface area (Å²) >= 11 is 0. The van der Waals surface area contributed by atoms with Crippen molar-refractivity contribution in [2.45, 2.75) is 156 Å². The molecule has 47 heavy (non-hydrogen) atoms. The zero-order valence-electron chi connectivity index (χ0n) is 29.7. The second-order valence-electron chi connectivity index (χ2n) is 15.7. The molecule has 4 saturated carbocycles. The largest absolute Gasteiger partial charge is 0.462 e. The van der Waals surface area contributed by atoms with Gasteiger partial charge in [0.15, 0.2) is 6.10 Å². The molecule has 4 rings (SSSR count). The molecule has 9 heteroatoms. The van der Waals surface area contributed by atoms with E-state index in [9.17, 15) is 24.0 Å². The molecule has 0 unspecified atom stereocenters. The summed E-state index contributed by atoms with van der Waals surface area (Å²) in [6, 6.07) is 0. The predicted molar refractivity (Wildman–Crippen MR) is 176 cm³/mol. The van der Waals surface area contributed by atoms with Gasteiger partial charge in [-0.1, -0.05) is 39.5 Å². The lowest BCUT2D eigenvalue weighted by Gasteiger charge is -2.61. The molecule has 0 amide bonds. The number of hydrogen-bond acceptors (Lipinski definition) is 9. The van der Waals surface area contributed by atoms with Gasteiger partial charge in [0.25, 0.3) is 0 Å². The van der Waals surface area contributed by atoms with Crippen LogP contribution in [0.2, 0.25) is 0 Å². The fraction of sp³-hybridized carbons (Fsp3) is 0.868. The molecule has 4 aliphatic rings. The van der Waals surface area contributed by atoms with E-state index in [4.69, 9.17) is 18.9 Å². The van der Waals surface area contributed by atoms with Crippen LogP contribution < -0.4 is 0 Å². The molecule has 0 aromatic rings. The van der Waals surface area contributed by atoms with Crippen LogP contribution in [0.1, 0.15) is 144 Å². The number of ether oxygens (including phenoxy) is 4. The van der Waals surface area contributed by atoms with E-state index < -0.39 is 24.0 Å². The zero-order chi connectivity index (χ0) is 34.2. The van der Waals surface area contributed by atoms with Gasteiger partial charge in [0.1, 0.15) is 25.1 Å². The van der Waals surface area contributed by atoms with E-state index in [1.807, 2.05) is 0 Å². The summed E-state index contributed by atoms with van der Waals surface area (Å²) in [5, 5.41) is 0. The quantitative estimate of drug-likeness (QED) is 0.0953. The molecule has 266 valence electrons. The molecule has 0 aliphatic heterocycles. The highest BCUT2D eigenvalue weighted by atomic mass is 16.6. The Hall–Kier alpha value is -2.45. The third kappa shape index (κ3) is 9.59. The van der Waals surface area contributed by atoms with E-state index in [-0.39, 0.29) is 43.0 Å². The maximum atomic E-state index is 12.7. The van der Waals surface area contributed by atoms with Crippen molar-refractivity contribution >= 4 is 29.7 Å². The summed E-state index contributed by atoms with van der Waals surface area (Å²) in [7, 11) is 0. The van der Waals surface area contributed by atoms with Gasteiger partial charge in [-0.15, -0.1) is 0 Å². The van der Waals surface area contributed by atoms with Gasteiger partial charge in [-0.3, -0.25) is 24.0 Å². The van der Waals surface area contributed by atoms with E-state index in [0.717, 1.165) is 69.6 Å². The third-order valence-electron chi connectivity index (χ3n) is 12.7. The number of Topliss-reactive ketones (excluding diaryl/α,β-unsaturated/α-hetero) is 1. The average molecular weight is 661 g/mol. The maximum Gasteiger partial charge on any atom is 0.306 e. The van der Waals surface area contributed by atoms with Crippen LogP contribution in [-0.4, -0.2) is 55.1 Å². The number of carbonyl (C=O) groups excluding carboxylic acids is 5. The molecule has 0 saturated heterocycles. The molecule has 0 aromatic carbocycles. The minimum atomic E-state index is -0.814. The van der Waals surface area contributed by atoms with Crippen molar-refractivity contribution in [1.29, 1.82) is 0 Å². The Morgan fingerprint density at radius 2 is 1.23 bits per heavy atom. The Labute approximate surface area is 281 Å². The summed E-state index contributed by atoms with van der Waals surface area (Å²) in [4.78, 5) is 59.5. The number of unbranched alkanes of at least 4 members (excludes halogenated alkanes) is 5.